The monoisotopic (exact) mass is 263 g/mol. The first-order valence-electron chi connectivity index (χ1n) is 5.90. The second kappa shape index (κ2) is 5.98. The largest absolute Gasteiger partial charge is 0.467 e. The maximum absolute atomic E-state index is 5.01. The van der Waals surface area contributed by atoms with Gasteiger partial charge < -0.3 is 15.4 Å². The maximum Gasteiger partial charge on any atom is 0.322 e. The van der Waals surface area contributed by atoms with Crippen LogP contribution in [0.4, 0.5) is 11.9 Å². The summed E-state index contributed by atoms with van der Waals surface area (Å²) in [4.78, 5) is 12.3. The Bertz CT molecular complexity index is 517. The van der Waals surface area contributed by atoms with Crippen LogP contribution >= 0.6 is 0 Å². The fourth-order valence-corrected chi connectivity index (χ4v) is 1.56. The predicted octanol–water partition coefficient (Wildman–Crippen LogP) is 0.310. The summed E-state index contributed by atoms with van der Waals surface area (Å²) in [6, 6.07) is 0.281. The Morgan fingerprint density at radius 1 is 1.26 bits per heavy atom. The van der Waals surface area contributed by atoms with E-state index in [1.807, 2.05) is 19.4 Å². The van der Waals surface area contributed by atoms with E-state index in [1.54, 1.807) is 11.7 Å². The molecule has 0 atom stereocenters. The van der Waals surface area contributed by atoms with Gasteiger partial charge in [0.25, 0.3) is 0 Å². The van der Waals surface area contributed by atoms with E-state index >= 15 is 0 Å². The average molecular weight is 263 g/mol. The fraction of sp³-hybridized carbons (Fsp3) is 0.455. The van der Waals surface area contributed by atoms with Crippen LogP contribution in [0.15, 0.2) is 12.4 Å². The molecular formula is C11H17N7O. The van der Waals surface area contributed by atoms with Crippen LogP contribution in [-0.2, 0) is 13.5 Å². The molecule has 8 heteroatoms. The summed E-state index contributed by atoms with van der Waals surface area (Å²) in [7, 11) is 5.16. The normalized spacial score (nSPS) is 10.3. The minimum Gasteiger partial charge on any atom is -0.467 e. The van der Waals surface area contributed by atoms with Crippen molar-refractivity contribution in [2.45, 2.75) is 6.42 Å². The van der Waals surface area contributed by atoms with Crippen molar-refractivity contribution in [3.63, 3.8) is 0 Å². The van der Waals surface area contributed by atoms with Crippen molar-refractivity contribution >= 4 is 11.9 Å². The first-order chi connectivity index (χ1) is 9.21. The van der Waals surface area contributed by atoms with Gasteiger partial charge in [-0.25, -0.2) is 0 Å². The van der Waals surface area contributed by atoms with Gasteiger partial charge in [-0.05, 0) is 12.0 Å². The molecule has 2 aromatic rings. The third-order valence-corrected chi connectivity index (χ3v) is 2.48. The van der Waals surface area contributed by atoms with E-state index in [0.29, 0.717) is 18.4 Å². The van der Waals surface area contributed by atoms with Gasteiger partial charge >= 0.3 is 6.01 Å². The summed E-state index contributed by atoms with van der Waals surface area (Å²) < 4.78 is 6.79. The second-order valence-electron chi connectivity index (χ2n) is 3.92. The number of hydrogen-bond acceptors (Lipinski definition) is 7. The molecule has 2 rings (SSSR count). The molecule has 0 aliphatic carbocycles. The zero-order valence-corrected chi connectivity index (χ0v) is 11.2. The van der Waals surface area contributed by atoms with Crippen LogP contribution in [-0.4, -0.2) is 45.4 Å². The summed E-state index contributed by atoms with van der Waals surface area (Å²) in [5.74, 6) is 0.954. The molecule has 102 valence electrons. The highest BCUT2D eigenvalue weighted by molar-refractivity contribution is 5.35. The van der Waals surface area contributed by atoms with Gasteiger partial charge in [-0.2, -0.15) is 20.1 Å². The van der Waals surface area contributed by atoms with Crippen molar-refractivity contribution in [2.75, 3.05) is 31.3 Å². The van der Waals surface area contributed by atoms with Crippen LogP contribution in [0, 0.1) is 0 Å². The lowest BCUT2D eigenvalue weighted by Gasteiger charge is -2.07. The van der Waals surface area contributed by atoms with Gasteiger partial charge in [0, 0.05) is 26.8 Å². The van der Waals surface area contributed by atoms with Crippen molar-refractivity contribution in [3.8, 4) is 6.01 Å². The number of aromatic nitrogens is 5. The molecule has 0 aliphatic heterocycles. The third-order valence-electron chi connectivity index (χ3n) is 2.48. The van der Waals surface area contributed by atoms with Crippen LogP contribution in [0.1, 0.15) is 5.56 Å². The van der Waals surface area contributed by atoms with E-state index in [2.05, 4.69) is 30.7 Å². The summed E-state index contributed by atoms with van der Waals surface area (Å²) in [5, 5.41) is 10.1. The van der Waals surface area contributed by atoms with E-state index in [9.17, 15) is 0 Å². The number of nitrogens with zero attached hydrogens (tertiary/aromatic N) is 5. The van der Waals surface area contributed by atoms with Crippen LogP contribution in [0.3, 0.4) is 0 Å². The smallest absolute Gasteiger partial charge is 0.322 e. The van der Waals surface area contributed by atoms with E-state index in [1.165, 1.54) is 7.11 Å². The van der Waals surface area contributed by atoms with Crippen molar-refractivity contribution < 1.29 is 4.74 Å². The van der Waals surface area contributed by atoms with Gasteiger partial charge in [0.15, 0.2) is 0 Å². The molecule has 2 heterocycles. The summed E-state index contributed by atoms with van der Waals surface area (Å²) >= 11 is 0. The highest BCUT2D eigenvalue weighted by Gasteiger charge is 2.05. The number of nitrogens with one attached hydrogen (secondary N) is 2. The van der Waals surface area contributed by atoms with Crippen molar-refractivity contribution in [1.82, 2.24) is 24.7 Å². The van der Waals surface area contributed by atoms with Crippen LogP contribution in [0.2, 0.25) is 0 Å². The van der Waals surface area contributed by atoms with Gasteiger partial charge in [-0.3, -0.25) is 4.68 Å². The fourth-order valence-electron chi connectivity index (χ4n) is 1.56. The van der Waals surface area contributed by atoms with Crippen molar-refractivity contribution in [2.24, 2.45) is 7.05 Å². The molecule has 0 saturated heterocycles. The summed E-state index contributed by atoms with van der Waals surface area (Å²) in [6.07, 6.45) is 4.67. The van der Waals surface area contributed by atoms with Crippen LogP contribution in [0.5, 0.6) is 6.01 Å². The molecule has 2 aromatic heterocycles. The second-order valence-corrected chi connectivity index (χ2v) is 3.92. The Hall–Kier alpha value is -2.38. The van der Waals surface area contributed by atoms with Gasteiger partial charge in [0.2, 0.25) is 11.9 Å². The number of rotatable bonds is 6. The van der Waals surface area contributed by atoms with Crippen molar-refractivity contribution in [3.05, 3.63) is 18.0 Å². The topological polar surface area (TPSA) is 89.8 Å². The number of hydrogen-bond donors (Lipinski definition) is 2. The van der Waals surface area contributed by atoms with Crippen molar-refractivity contribution in [1.29, 1.82) is 0 Å². The lowest BCUT2D eigenvalue weighted by Crippen LogP contribution is -2.10. The summed E-state index contributed by atoms with van der Waals surface area (Å²) in [6.45, 7) is 0.710. The Morgan fingerprint density at radius 2 is 2.05 bits per heavy atom. The minimum atomic E-state index is 0.281. The molecule has 2 N–H and O–H groups in total. The SMILES string of the molecule is CNc1nc(NCCc2cnn(C)c2)nc(OC)n1. The number of anilines is 2. The Labute approximate surface area is 111 Å². The molecular weight excluding hydrogens is 246 g/mol. The average Bonchev–Trinajstić information content (AvgIpc) is 2.84. The highest BCUT2D eigenvalue weighted by atomic mass is 16.5. The number of aryl methyl sites for hydroxylation is 1. The molecule has 0 aromatic carbocycles. The first kappa shape index (κ1) is 13.1. The number of methoxy groups -OCH3 is 1. The molecule has 19 heavy (non-hydrogen) atoms. The van der Waals surface area contributed by atoms with Gasteiger partial charge in [0.1, 0.15) is 0 Å². The molecule has 0 spiro atoms. The standard InChI is InChI=1S/C11H17N7O/c1-12-9-15-10(17-11(16-9)19-3)13-5-4-8-6-14-18(2)7-8/h6-7H,4-5H2,1-3H3,(H2,12,13,15,16,17). The molecule has 0 unspecified atom stereocenters. The van der Waals surface area contributed by atoms with Gasteiger partial charge in [0.05, 0.1) is 13.3 Å². The molecule has 0 bridgehead atoms. The lowest BCUT2D eigenvalue weighted by atomic mass is 10.2. The third kappa shape index (κ3) is 3.54. The molecule has 0 saturated carbocycles. The number of ether oxygens (including phenoxy) is 1. The minimum absolute atomic E-state index is 0.281. The molecule has 0 amide bonds. The zero-order valence-electron chi connectivity index (χ0n) is 11.2. The Balaban J connectivity index is 1.95. The predicted molar refractivity (Wildman–Crippen MR) is 71.3 cm³/mol. The van der Waals surface area contributed by atoms with E-state index in [4.69, 9.17) is 4.74 Å². The molecule has 0 aliphatic rings. The molecule has 8 nitrogen and oxygen atoms in total. The van der Waals surface area contributed by atoms with Crippen LogP contribution in [0.25, 0.3) is 0 Å². The molecule has 0 fully saturated rings. The Kier molecular flexibility index (Phi) is 4.11. The van der Waals surface area contributed by atoms with Crippen LogP contribution < -0.4 is 15.4 Å². The van der Waals surface area contributed by atoms with Gasteiger partial charge in [-0.1, -0.05) is 0 Å². The molecule has 0 radical (unpaired) electrons. The Morgan fingerprint density at radius 3 is 2.68 bits per heavy atom. The van der Waals surface area contributed by atoms with Gasteiger partial charge in [-0.15, -0.1) is 0 Å². The van der Waals surface area contributed by atoms with E-state index in [-0.39, 0.29) is 6.01 Å². The van der Waals surface area contributed by atoms with E-state index < -0.39 is 0 Å². The summed E-state index contributed by atoms with van der Waals surface area (Å²) in [5.41, 5.74) is 1.16. The first-order valence-corrected chi connectivity index (χ1v) is 5.90. The van der Waals surface area contributed by atoms with E-state index in [0.717, 1.165) is 12.0 Å². The lowest BCUT2D eigenvalue weighted by molar-refractivity contribution is 0.379. The zero-order chi connectivity index (χ0) is 13.7. The highest BCUT2D eigenvalue weighted by Crippen LogP contribution is 2.10. The quantitative estimate of drug-likeness (QED) is 0.775. The maximum atomic E-state index is 5.01.